The Balaban J connectivity index is 2.82. The van der Waals surface area contributed by atoms with E-state index in [1.807, 2.05) is 0 Å². The van der Waals surface area contributed by atoms with E-state index in [0.29, 0.717) is 19.6 Å². The van der Waals surface area contributed by atoms with Crippen molar-refractivity contribution in [2.24, 2.45) is 5.16 Å². The lowest BCUT2D eigenvalue weighted by Gasteiger charge is -1.93. The Hall–Kier alpha value is -0.830. The smallest absolute Gasteiger partial charge is 0.0644 e. The first kappa shape index (κ1) is 8.17. The van der Waals surface area contributed by atoms with Gasteiger partial charge in [-0.3, -0.25) is 0 Å². The molecular formula is C6H11NO2. The van der Waals surface area contributed by atoms with E-state index >= 15 is 0 Å². The molecule has 0 saturated heterocycles. The fourth-order valence-corrected chi connectivity index (χ4v) is 0.360. The third kappa shape index (κ3) is 7.17. The van der Waals surface area contributed by atoms with E-state index in [4.69, 9.17) is 9.94 Å². The Labute approximate surface area is 54.6 Å². The van der Waals surface area contributed by atoms with Gasteiger partial charge >= 0.3 is 0 Å². The minimum atomic E-state index is 0.555. The van der Waals surface area contributed by atoms with Crippen molar-refractivity contribution < 1.29 is 9.94 Å². The fourth-order valence-electron chi connectivity index (χ4n) is 0.360. The van der Waals surface area contributed by atoms with Gasteiger partial charge in [-0.1, -0.05) is 6.08 Å². The predicted molar refractivity (Wildman–Crippen MR) is 35.9 cm³/mol. The van der Waals surface area contributed by atoms with Crippen LogP contribution in [0, 0.1) is 0 Å². The second-order valence-electron chi connectivity index (χ2n) is 1.45. The highest BCUT2D eigenvalue weighted by atomic mass is 16.5. The van der Waals surface area contributed by atoms with Crippen LogP contribution < -0.4 is 0 Å². The SMILES string of the molecule is C=CCOCCC=NO. The zero-order valence-corrected chi connectivity index (χ0v) is 5.29. The van der Waals surface area contributed by atoms with Crippen LogP contribution in [0.5, 0.6) is 0 Å². The zero-order chi connectivity index (χ0) is 6.95. The molecule has 0 saturated carbocycles. The van der Waals surface area contributed by atoms with Gasteiger partial charge in [0.2, 0.25) is 0 Å². The zero-order valence-electron chi connectivity index (χ0n) is 5.29. The quantitative estimate of drug-likeness (QED) is 0.198. The fraction of sp³-hybridized carbons (Fsp3) is 0.500. The van der Waals surface area contributed by atoms with Crippen molar-refractivity contribution >= 4 is 6.21 Å². The highest BCUT2D eigenvalue weighted by molar-refractivity contribution is 5.56. The Morgan fingerprint density at radius 2 is 2.44 bits per heavy atom. The maximum absolute atomic E-state index is 7.92. The van der Waals surface area contributed by atoms with Crippen molar-refractivity contribution in [2.75, 3.05) is 13.2 Å². The molecule has 52 valence electrons. The van der Waals surface area contributed by atoms with Crippen molar-refractivity contribution in [3.8, 4) is 0 Å². The topological polar surface area (TPSA) is 41.8 Å². The number of hydrogen-bond acceptors (Lipinski definition) is 3. The average Bonchev–Trinajstić information content (AvgIpc) is 1.89. The second-order valence-corrected chi connectivity index (χ2v) is 1.45. The molecule has 0 aromatic heterocycles. The average molecular weight is 129 g/mol. The van der Waals surface area contributed by atoms with E-state index in [9.17, 15) is 0 Å². The maximum Gasteiger partial charge on any atom is 0.0644 e. The van der Waals surface area contributed by atoms with E-state index in [1.54, 1.807) is 6.08 Å². The molecule has 0 rings (SSSR count). The summed E-state index contributed by atoms with van der Waals surface area (Å²) in [4.78, 5) is 0. The lowest BCUT2D eigenvalue weighted by atomic mass is 10.5. The Kier molecular flexibility index (Phi) is 6.51. The van der Waals surface area contributed by atoms with E-state index < -0.39 is 0 Å². The summed E-state index contributed by atoms with van der Waals surface area (Å²) in [6.07, 6.45) is 3.71. The van der Waals surface area contributed by atoms with Gasteiger partial charge in [-0.05, 0) is 0 Å². The summed E-state index contributed by atoms with van der Waals surface area (Å²) in [5.41, 5.74) is 0. The number of rotatable bonds is 5. The lowest BCUT2D eigenvalue weighted by molar-refractivity contribution is 0.170. The van der Waals surface area contributed by atoms with Crippen LogP contribution in [0.2, 0.25) is 0 Å². The molecule has 0 heterocycles. The monoisotopic (exact) mass is 129 g/mol. The van der Waals surface area contributed by atoms with Crippen molar-refractivity contribution in [1.82, 2.24) is 0 Å². The second kappa shape index (κ2) is 7.17. The van der Waals surface area contributed by atoms with Gasteiger partial charge in [0.1, 0.15) is 0 Å². The van der Waals surface area contributed by atoms with Gasteiger partial charge in [-0.2, -0.15) is 0 Å². The number of ether oxygens (including phenoxy) is 1. The molecule has 0 aromatic carbocycles. The summed E-state index contributed by atoms with van der Waals surface area (Å²) in [6.45, 7) is 4.60. The molecule has 0 amide bonds. The van der Waals surface area contributed by atoms with Gasteiger partial charge < -0.3 is 9.94 Å². The lowest BCUT2D eigenvalue weighted by Crippen LogP contribution is -1.93. The molecular weight excluding hydrogens is 118 g/mol. The molecule has 0 bridgehead atoms. The molecule has 0 aliphatic rings. The largest absolute Gasteiger partial charge is 0.411 e. The first-order valence-electron chi connectivity index (χ1n) is 2.76. The summed E-state index contributed by atoms with van der Waals surface area (Å²) in [5, 5.41) is 10.7. The molecule has 1 N–H and O–H groups in total. The molecule has 0 aliphatic heterocycles. The first-order chi connectivity index (χ1) is 4.41. The van der Waals surface area contributed by atoms with Crippen LogP contribution >= 0.6 is 0 Å². The van der Waals surface area contributed by atoms with Gasteiger partial charge in [0.15, 0.2) is 0 Å². The Morgan fingerprint density at radius 3 is 3.00 bits per heavy atom. The third-order valence-electron chi connectivity index (χ3n) is 0.709. The van der Waals surface area contributed by atoms with Crippen LogP contribution in [0.25, 0.3) is 0 Å². The van der Waals surface area contributed by atoms with E-state index in [1.165, 1.54) is 6.21 Å². The maximum atomic E-state index is 7.92. The van der Waals surface area contributed by atoms with Crippen molar-refractivity contribution in [2.45, 2.75) is 6.42 Å². The summed E-state index contributed by atoms with van der Waals surface area (Å²) in [5.74, 6) is 0. The third-order valence-corrected chi connectivity index (χ3v) is 0.709. The first-order valence-corrected chi connectivity index (χ1v) is 2.76. The standard InChI is InChI=1S/C6H11NO2/c1-2-5-9-6-3-4-7-8/h2,4,8H,1,3,5-6H2. The Bertz CT molecular complexity index is 91.1. The molecule has 0 aliphatic carbocycles. The number of oxime groups is 1. The molecule has 9 heavy (non-hydrogen) atoms. The van der Waals surface area contributed by atoms with Crippen LogP contribution in [-0.2, 0) is 4.74 Å². The predicted octanol–water partition coefficient (Wildman–Crippen LogP) is 1.04. The van der Waals surface area contributed by atoms with Crippen molar-refractivity contribution in [1.29, 1.82) is 0 Å². The molecule has 0 aromatic rings. The van der Waals surface area contributed by atoms with Crippen LogP contribution in [-0.4, -0.2) is 24.6 Å². The van der Waals surface area contributed by atoms with Gasteiger partial charge in [-0.15, -0.1) is 11.7 Å². The summed E-state index contributed by atoms with van der Waals surface area (Å²) in [7, 11) is 0. The molecule has 3 nitrogen and oxygen atoms in total. The Morgan fingerprint density at radius 1 is 1.67 bits per heavy atom. The highest BCUT2D eigenvalue weighted by Gasteiger charge is 1.79. The minimum absolute atomic E-state index is 0.555. The minimum Gasteiger partial charge on any atom is -0.411 e. The van der Waals surface area contributed by atoms with Gasteiger partial charge in [0, 0.05) is 12.6 Å². The highest BCUT2D eigenvalue weighted by Crippen LogP contribution is 1.78. The van der Waals surface area contributed by atoms with Gasteiger partial charge in [0.05, 0.1) is 13.2 Å². The summed E-state index contributed by atoms with van der Waals surface area (Å²) >= 11 is 0. The van der Waals surface area contributed by atoms with E-state index in [2.05, 4.69) is 11.7 Å². The van der Waals surface area contributed by atoms with Crippen molar-refractivity contribution in [3.63, 3.8) is 0 Å². The van der Waals surface area contributed by atoms with Crippen molar-refractivity contribution in [3.05, 3.63) is 12.7 Å². The number of hydrogen-bond donors (Lipinski definition) is 1. The van der Waals surface area contributed by atoms with Crippen LogP contribution in [0.3, 0.4) is 0 Å². The van der Waals surface area contributed by atoms with Crippen LogP contribution in [0.4, 0.5) is 0 Å². The van der Waals surface area contributed by atoms with Gasteiger partial charge in [-0.25, -0.2) is 0 Å². The molecule has 3 heteroatoms. The summed E-state index contributed by atoms with van der Waals surface area (Å²) < 4.78 is 4.96. The van der Waals surface area contributed by atoms with Gasteiger partial charge in [0.25, 0.3) is 0 Å². The normalized spacial score (nSPS) is 10.2. The number of nitrogens with zero attached hydrogens (tertiary/aromatic N) is 1. The summed E-state index contributed by atoms with van der Waals surface area (Å²) in [6, 6.07) is 0. The molecule has 0 unspecified atom stereocenters. The molecule has 0 atom stereocenters. The molecule has 0 fully saturated rings. The van der Waals surface area contributed by atoms with Crippen LogP contribution in [0.1, 0.15) is 6.42 Å². The van der Waals surface area contributed by atoms with Crippen LogP contribution in [0.15, 0.2) is 17.8 Å². The van der Waals surface area contributed by atoms with E-state index in [0.717, 1.165) is 0 Å². The van der Waals surface area contributed by atoms with E-state index in [-0.39, 0.29) is 0 Å². The molecule has 0 spiro atoms. The molecule has 0 radical (unpaired) electrons.